The molecule has 1 unspecified atom stereocenters. The quantitative estimate of drug-likeness (QED) is 0.721. The summed E-state index contributed by atoms with van der Waals surface area (Å²) in [6.07, 6.45) is 5.80. The molecule has 23 heavy (non-hydrogen) atoms. The Morgan fingerprint density at radius 1 is 1.43 bits per heavy atom. The van der Waals surface area contributed by atoms with E-state index in [0.717, 1.165) is 18.5 Å². The first-order valence-electron chi connectivity index (χ1n) is 8.10. The van der Waals surface area contributed by atoms with Crippen LogP contribution in [0.4, 0.5) is 0 Å². The lowest BCUT2D eigenvalue weighted by molar-refractivity contribution is -0.133. The lowest BCUT2D eigenvalue weighted by atomic mass is 10.2. The van der Waals surface area contributed by atoms with Crippen LogP contribution in [-0.4, -0.2) is 53.0 Å². The molecule has 1 atom stereocenters. The van der Waals surface area contributed by atoms with Gasteiger partial charge in [-0.2, -0.15) is 4.31 Å². The number of aromatic nitrogens is 1. The van der Waals surface area contributed by atoms with Crippen molar-refractivity contribution in [1.29, 1.82) is 0 Å². The van der Waals surface area contributed by atoms with Crippen molar-refractivity contribution in [3.05, 3.63) is 24.0 Å². The second-order valence-corrected chi connectivity index (χ2v) is 8.36. The highest BCUT2D eigenvalue weighted by molar-refractivity contribution is 7.88. The molecule has 7 heteroatoms. The fraction of sp³-hybridized carbons (Fsp3) is 0.688. The highest BCUT2D eigenvalue weighted by atomic mass is 32.2. The zero-order valence-electron chi connectivity index (χ0n) is 14.4. The van der Waals surface area contributed by atoms with Crippen molar-refractivity contribution >= 4 is 15.9 Å². The van der Waals surface area contributed by atoms with E-state index in [1.54, 1.807) is 0 Å². The van der Waals surface area contributed by atoms with Gasteiger partial charge in [-0.25, -0.2) is 8.42 Å². The molecule has 1 heterocycles. The number of hydrogen-bond acceptors (Lipinski definition) is 3. The Balaban J connectivity index is 2.13. The Labute approximate surface area is 139 Å². The Kier molecular flexibility index (Phi) is 5.52. The number of carbonyl (C=O) groups excluding carboxylic acids is 1. The van der Waals surface area contributed by atoms with E-state index in [4.69, 9.17) is 0 Å². The summed E-state index contributed by atoms with van der Waals surface area (Å²) in [5, 5.41) is 0. The van der Waals surface area contributed by atoms with Gasteiger partial charge in [-0.1, -0.05) is 6.92 Å². The summed E-state index contributed by atoms with van der Waals surface area (Å²) in [6, 6.07) is 4.01. The molecule has 0 spiro atoms. The second-order valence-electron chi connectivity index (χ2n) is 6.43. The highest BCUT2D eigenvalue weighted by Gasteiger charge is 2.35. The molecular formula is C16H27N3O3S. The molecule has 1 saturated carbocycles. The van der Waals surface area contributed by atoms with E-state index in [9.17, 15) is 13.2 Å². The van der Waals surface area contributed by atoms with Crippen LogP contribution in [0.15, 0.2) is 18.3 Å². The summed E-state index contributed by atoms with van der Waals surface area (Å²) in [6.45, 7) is 4.23. The summed E-state index contributed by atoms with van der Waals surface area (Å²) < 4.78 is 27.3. The summed E-state index contributed by atoms with van der Waals surface area (Å²) in [5.41, 5.74) is 1.06. The van der Waals surface area contributed by atoms with Gasteiger partial charge < -0.3 is 9.47 Å². The minimum atomic E-state index is -3.40. The van der Waals surface area contributed by atoms with Gasteiger partial charge in [-0.15, -0.1) is 0 Å². The fourth-order valence-corrected chi connectivity index (χ4v) is 3.82. The van der Waals surface area contributed by atoms with Crippen LogP contribution in [0.2, 0.25) is 0 Å². The molecule has 130 valence electrons. The molecule has 0 saturated heterocycles. The van der Waals surface area contributed by atoms with Crippen molar-refractivity contribution in [2.45, 2.75) is 51.7 Å². The molecule has 0 aliphatic heterocycles. The lowest BCUT2D eigenvalue weighted by Crippen LogP contribution is -2.46. The van der Waals surface area contributed by atoms with Gasteiger partial charge in [0.15, 0.2) is 0 Å². The number of rotatable bonds is 8. The largest absolute Gasteiger partial charge is 0.353 e. The Hall–Kier alpha value is -1.34. The number of amides is 1. The zero-order chi connectivity index (χ0) is 17.2. The normalized spacial score (nSPS) is 16.6. The SMILES string of the molecule is CCC(C)N(CC(=O)N(Cc1cccn1C)C1CC1)S(C)(=O)=O. The van der Waals surface area contributed by atoms with E-state index in [1.165, 1.54) is 10.6 Å². The molecule has 1 aliphatic rings. The topological polar surface area (TPSA) is 62.6 Å². The molecule has 1 aromatic heterocycles. The third kappa shape index (κ3) is 4.57. The lowest BCUT2D eigenvalue weighted by Gasteiger charge is -2.29. The molecular weight excluding hydrogens is 314 g/mol. The summed E-state index contributed by atoms with van der Waals surface area (Å²) >= 11 is 0. The number of hydrogen-bond donors (Lipinski definition) is 0. The van der Waals surface area contributed by atoms with Crippen LogP contribution in [-0.2, 0) is 28.4 Å². The first kappa shape index (κ1) is 18.0. The van der Waals surface area contributed by atoms with Crippen LogP contribution in [0.5, 0.6) is 0 Å². The molecule has 1 aromatic rings. The van der Waals surface area contributed by atoms with Crippen molar-refractivity contribution in [1.82, 2.24) is 13.8 Å². The van der Waals surface area contributed by atoms with Gasteiger partial charge in [0.25, 0.3) is 0 Å². The molecule has 0 bridgehead atoms. The predicted molar refractivity (Wildman–Crippen MR) is 90.3 cm³/mol. The number of nitrogens with zero attached hydrogens (tertiary/aromatic N) is 3. The van der Waals surface area contributed by atoms with E-state index >= 15 is 0 Å². The van der Waals surface area contributed by atoms with Crippen molar-refractivity contribution in [3.63, 3.8) is 0 Å². The molecule has 0 radical (unpaired) electrons. The van der Waals surface area contributed by atoms with Crippen molar-refractivity contribution in [2.75, 3.05) is 12.8 Å². The molecule has 1 fully saturated rings. The highest BCUT2D eigenvalue weighted by Crippen LogP contribution is 2.29. The molecule has 1 amide bonds. The van der Waals surface area contributed by atoms with E-state index in [-0.39, 0.29) is 24.5 Å². The number of aryl methyl sites for hydroxylation is 1. The van der Waals surface area contributed by atoms with E-state index < -0.39 is 10.0 Å². The fourth-order valence-electron chi connectivity index (χ4n) is 2.67. The van der Waals surface area contributed by atoms with Crippen LogP contribution in [0.3, 0.4) is 0 Å². The number of carbonyl (C=O) groups is 1. The minimum absolute atomic E-state index is 0.0746. The summed E-state index contributed by atoms with van der Waals surface area (Å²) in [4.78, 5) is 14.6. The Bertz CT molecular complexity index is 649. The maximum atomic E-state index is 12.8. The molecule has 1 aliphatic carbocycles. The average Bonchev–Trinajstić information content (AvgIpc) is 3.23. The summed E-state index contributed by atoms with van der Waals surface area (Å²) in [7, 11) is -1.45. The van der Waals surface area contributed by atoms with Gasteiger partial charge in [-0.05, 0) is 38.3 Å². The van der Waals surface area contributed by atoms with E-state index in [2.05, 4.69) is 0 Å². The average molecular weight is 341 g/mol. The maximum absolute atomic E-state index is 12.8. The van der Waals surface area contributed by atoms with Crippen molar-refractivity contribution in [2.24, 2.45) is 7.05 Å². The van der Waals surface area contributed by atoms with Gasteiger partial charge in [-0.3, -0.25) is 4.79 Å². The molecule has 6 nitrogen and oxygen atoms in total. The number of sulfonamides is 1. The standard InChI is InChI=1S/C16H27N3O3S/c1-5-13(2)19(23(4,21)22)12-16(20)18(14-8-9-14)11-15-7-6-10-17(15)3/h6-7,10,13-14H,5,8-9,11-12H2,1-4H3. The van der Waals surface area contributed by atoms with Crippen LogP contribution in [0.25, 0.3) is 0 Å². The van der Waals surface area contributed by atoms with Gasteiger partial charge in [0.05, 0.1) is 19.3 Å². The molecule has 0 N–H and O–H groups in total. The molecule has 2 rings (SSSR count). The van der Waals surface area contributed by atoms with E-state index in [1.807, 2.05) is 48.7 Å². The second kappa shape index (κ2) is 7.05. The maximum Gasteiger partial charge on any atom is 0.238 e. The monoisotopic (exact) mass is 341 g/mol. The van der Waals surface area contributed by atoms with Gasteiger partial charge in [0.1, 0.15) is 0 Å². The van der Waals surface area contributed by atoms with Crippen LogP contribution in [0, 0.1) is 0 Å². The van der Waals surface area contributed by atoms with Gasteiger partial charge in [0, 0.05) is 31.0 Å². The van der Waals surface area contributed by atoms with Gasteiger partial charge in [0.2, 0.25) is 15.9 Å². The van der Waals surface area contributed by atoms with Gasteiger partial charge >= 0.3 is 0 Å². The zero-order valence-corrected chi connectivity index (χ0v) is 15.2. The molecule has 0 aromatic carbocycles. The van der Waals surface area contributed by atoms with Crippen LogP contribution in [0.1, 0.15) is 38.8 Å². The minimum Gasteiger partial charge on any atom is -0.353 e. The van der Waals surface area contributed by atoms with Crippen molar-refractivity contribution in [3.8, 4) is 0 Å². The first-order valence-corrected chi connectivity index (χ1v) is 9.95. The first-order chi connectivity index (χ1) is 10.7. The Morgan fingerprint density at radius 2 is 2.09 bits per heavy atom. The van der Waals surface area contributed by atoms with Crippen LogP contribution < -0.4 is 0 Å². The third-order valence-corrected chi connectivity index (χ3v) is 5.83. The van der Waals surface area contributed by atoms with Crippen LogP contribution >= 0.6 is 0 Å². The predicted octanol–water partition coefficient (Wildman–Crippen LogP) is 1.58. The van der Waals surface area contributed by atoms with Crippen molar-refractivity contribution < 1.29 is 13.2 Å². The van der Waals surface area contributed by atoms with E-state index in [0.29, 0.717) is 13.0 Å². The Morgan fingerprint density at radius 3 is 2.52 bits per heavy atom. The smallest absolute Gasteiger partial charge is 0.238 e. The summed E-state index contributed by atoms with van der Waals surface area (Å²) in [5.74, 6) is -0.112. The third-order valence-electron chi connectivity index (χ3n) is 4.49.